The van der Waals surface area contributed by atoms with Gasteiger partial charge >= 0.3 is 6.18 Å². The number of likely N-dealkylation sites (tertiary alicyclic amines) is 1. The Labute approximate surface area is 179 Å². The number of furan rings is 1. The molecule has 0 aliphatic carbocycles. The van der Waals surface area contributed by atoms with Gasteiger partial charge in [0.1, 0.15) is 5.65 Å². The summed E-state index contributed by atoms with van der Waals surface area (Å²) < 4.78 is 47.4. The number of fused-ring (bicyclic) bond motifs is 1. The zero-order valence-corrected chi connectivity index (χ0v) is 17.1. The fourth-order valence-electron chi connectivity index (χ4n) is 4.04. The van der Waals surface area contributed by atoms with Crippen molar-refractivity contribution < 1.29 is 22.4 Å². The smallest absolute Gasteiger partial charge is 0.420 e. The van der Waals surface area contributed by atoms with Crippen molar-refractivity contribution in [1.82, 2.24) is 14.3 Å². The summed E-state index contributed by atoms with van der Waals surface area (Å²) in [5, 5.41) is 2.02. The number of imidazole rings is 1. The summed E-state index contributed by atoms with van der Waals surface area (Å²) in [4.78, 5) is 20.0. The van der Waals surface area contributed by atoms with Crippen LogP contribution in [0.25, 0.3) is 16.8 Å². The zero-order valence-electron chi connectivity index (χ0n) is 16.3. The highest BCUT2D eigenvalue weighted by Gasteiger charge is 2.35. The first-order valence-corrected chi connectivity index (χ1v) is 10.7. The van der Waals surface area contributed by atoms with E-state index in [9.17, 15) is 18.0 Å². The number of carbonyl (C=O) groups is 1. The van der Waals surface area contributed by atoms with Gasteiger partial charge in [0.15, 0.2) is 0 Å². The highest BCUT2D eigenvalue weighted by atomic mass is 32.1. The summed E-state index contributed by atoms with van der Waals surface area (Å²) in [5.74, 6) is 0.199. The molecule has 1 aliphatic rings. The van der Waals surface area contributed by atoms with Gasteiger partial charge in [-0.1, -0.05) is 6.07 Å². The number of pyridine rings is 1. The molecule has 31 heavy (non-hydrogen) atoms. The van der Waals surface area contributed by atoms with Crippen molar-refractivity contribution in [2.75, 3.05) is 13.1 Å². The molecule has 5 nitrogen and oxygen atoms in total. The predicted octanol–water partition coefficient (Wildman–Crippen LogP) is 5.23. The first-order valence-electron chi connectivity index (χ1n) is 9.81. The molecular formula is C22H18F3N3O2S. The maximum atomic E-state index is 13.7. The van der Waals surface area contributed by atoms with E-state index in [2.05, 4.69) is 11.1 Å². The highest BCUT2D eigenvalue weighted by molar-refractivity contribution is 7.10. The summed E-state index contributed by atoms with van der Waals surface area (Å²) in [6, 6.07) is 6.73. The Morgan fingerprint density at radius 2 is 2.13 bits per heavy atom. The van der Waals surface area contributed by atoms with E-state index in [0.717, 1.165) is 12.5 Å². The number of hydrogen-bond acceptors (Lipinski definition) is 4. The van der Waals surface area contributed by atoms with Gasteiger partial charge in [-0.25, -0.2) is 4.98 Å². The van der Waals surface area contributed by atoms with Gasteiger partial charge < -0.3 is 13.7 Å². The molecule has 0 radical (unpaired) electrons. The van der Waals surface area contributed by atoms with Gasteiger partial charge in [0, 0.05) is 47.4 Å². The van der Waals surface area contributed by atoms with Crippen LogP contribution in [0.15, 0.2) is 59.0 Å². The summed E-state index contributed by atoms with van der Waals surface area (Å²) in [6.45, 7) is 1.28. The molecule has 4 aromatic heterocycles. The number of halogens is 3. The molecule has 1 fully saturated rings. The first kappa shape index (κ1) is 19.9. The molecule has 0 N–H and O–H groups in total. The minimum atomic E-state index is -4.57. The van der Waals surface area contributed by atoms with Crippen molar-refractivity contribution in [2.45, 2.75) is 24.9 Å². The van der Waals surface area contributed by atoms with E-state index in [1.54, 1.807) is 28.5 Å². The minimum Gasteiger partial charge on any atom is -0.472 e. The third-order valence-corrected chi connectivity index (χ3v) is 6.61. The van der Waals surface area contributed by atoms with E-state index in [1.165, 1.54) is 28.0 Å². The number of nitrogens with zero attached hydrogens (tertiary/aromatic N) is 3. The van der Waals surface area contributed by atoms with Gasteiger partial charge in [-0.05, 0) is 30.0 Å². The fraction of sp³-hybridized carbons (Fsp3) is 0.273. The van der Waals surface area contributed by atoms with Crippen LogP contribution in [0.1, 0.15) is 28.5 Å². The SMILES string of the molecule is O=C(Cc1cn2cc(-c3ccoc3)cc(C(F)(F)F)c2n1)N1CCC(c2cccs2)C1. The second-order valence-corrected chi connectivity index (χ2v) is 8.61. The second-order valence-electron chi connectivity index (χ2n) is 7.63. The minimum absolute atomic E-state index is 0.0306. The number of thiophene rings is 1. The maximum absolute atomic E-state index is 13.7. The molecule has 9 heteroatoms. The van der Waals surface area contributed by atoms with Crippen LogP contribution in [0.2, 0.25) is 0 Å². The van der Waals surface area contributed by atoms with Crippen molar-refractivity contribution in [2.24, 2.45) is 0 Å². The Kier molecular flexibility index (Phi) is 4.85. The second kappa shape index (κ2) is 7.56. The lowest BCUT2D eigenvalue weighted by Gasteiger charge is -2.15. The fourth-order valence-corrected chi connectivity index (χ4v) is 4.90. The molecule has 160 valence electrons. The monoisotopic (exact) mass is 445 g/mol. The molecule has 4 aromatic rings. The van der Waals surface area contributed by atoms with Crippen molar-refractivity contribution in [3.8, 4) is 11.1 Å². The zero-order chi connectivity index (χ0) is 21.6. The largest absolute Gasteiger partial charge is 0.472 e. The lowest BCUT2D eigenvalue weighted by molar-refractivity contribution is -0.136. The highest BCUT2D eigenvalue weighted by Crippen LogP contribution is 2.36. The Bertz CT molecular complexity index is 1210. The van der Waals surface area contributed by atoms with Crippen molar-refractivity contribution in [3.05, 3.63) is 70.7 Å². The normalized spacial score (nSPS) is 17.0. The molecule has 5 rings (SSSR count). The van der Waals surface area contributed by atoms with Gasteiger partial charge in [0.25, 0.3) is 0 Å². The molecule has 0 bridgehead atoms. The summed E-state index contributed by atoms with van der Waals surface area (Å²) >= 11 is 1.68. The molecule has 1 amide bonds. The lowest BCUT2D eigenvalue weighted by atomic mass is 10.1. The van der Waals surface area contributed by atoms with Crippen LogP contribution >= 0.6 is 11.3 Å². The van der Waals surface area contributed by atoms with Crippen LogP contribution in [0.3, 0.4) is 0 Å². The van der Waals surface area contributed by atoms with Crippen LogP contribution in [-0.2, 0) is 17.4 Å². The Hall–Kier alpha value is -3.07. The van der Waals surface area contributed by atoms with Crippen LogP contribution < -0.4 is 0 Å². The third-order valence-electron chi connectivity index (χ3n) is 5.58. The van der Waals surface area contributed by atoms with E-state index in [-0.39, 0.29) is 18.0 Å². The molecular weight excluding hydrogens is 427 g/mol. The molecule has 0 saturated carbocycles. The summed E-state index contributed by atoms with van der Waals surface area (Å²) in [5.41, 5.74) is 0.168. The van der Waals surface area contributed by atoms with Crippen molar-refractivity contribution >= 4 is 22.9 Å². The molecule has 1 aliphatic heterocycles. The third kappa shape index (κ3) is 3.85. The topological polar surface area (TPSA) is 50.8 Å². The van der Waals surface area contributed by atoms with Gasteiger partial charge in [-0.3, -0.25) is 4.79 Å². The maximum Gasteiger partial charge on any atom is 0.420 e. The summed E-state index contributed by atoms with van der Waals surface area (Å²) in [7, 11) is 0. The van der Waals surface area contributed by atoms with Crippen molar-refractivity contribution in [1.29, 1.82) is 0 Å². The quantitative estimate of drug-likeness (QED) is 0.432. The number of rotatable bonds is 4. The molecule has 0 aromatic carbocycles. The number of amides is 1. The van der Waals surface area contributed by atoms with E-state index in [4.69, 9.17) is 4.42 Å². The number of alkyl halides is 3. The molecule has 1 atom stereocenters. The molecule has 1 saturated heterocycles. The average Bonchev–Trinajstić information content (AvgIpc) is 3.53. The van der Waals surface area contributed by atoms with Gasteiger partial charge in [-0.15, -0.1) is 11.3 Å². The number of carbonyl (C=O) groups excluding carboxylic acids is 1. The Balaban J connectivity index is 1.41. The number of aromatic nitrogens is 2. The summed E-state index contributed by atoms with van der Waals surface area (Å²) in [6.07, 6.45) is 2.15. The standard InChI is InChI=1S/C22H18F3N3O2S/c23-22(24,25)18-8-16(15-4-6-30-13-15)11-28-12-17(26-21(18)28)9-20(29)27-5-3-14(10-27)19-2-1-7-31-19/h1-2,4,6-8,11-14H,3,5,9-10H2. The van der Waals surface area contributed by atoms with E-state index in [0.29, 0.717) is 35.8 Å². The Morgan fingerprint density at radius 1 is 1.26 bits per heavy atom. The van der Waals surface area contributed by atoms with E-state index in [1.807, 2.05) is 11.4 Å². The molecule has 1 unspecified atom stereocenters. The number of hydrogen-bond donors (Lipinski definition) is 0. The van der Waals surface area contributed by atoms with Crippen LogP contribution in [0, 0.1) is 0 Å². The molecule has 5 heterocycles. The predicted molar refractivity (Wildman–Crippen MR) is 110 cm³/mol. The Morgan fingerprint density at radius 3 is 2.84 bits per heavy atom. The van der Waals surface area contributed by atoms with Crippen LogP contribution in [0.5, 0.6) is 0 Å². The van der Waals surface area contributed by atoms with E-state index >= 15 is 0 Å². The van der Waals surface area contributed by atoms with Crippen LogP contribution in [0.4, 0.5) is 13.2 Å². The lowest BCUT2D eigenvalue weighted by Crippen LogP contribution is -2.29. The molecule has 0 spiro atoms. The van der Waals surface area contributed by atoms with Gasteiger partial charge in [0.05, 0.1) is 30.2 Å². The van der Waals surface area contributed by atoms with Gasteiger partial charge in [0.2, 0.25) is 5.91 Å². The first-order chi connectivity index (χ1) is 14.9. The average molecular weight is 445 g/mol. The van der Waals surface area contributed by atoms with E-state index < -0.39 is 11.7 Å². The van der Waals surface area contributed by atoms with Crippen LogP contribution in [-0.4, -0.2) is 33.3 Å². The van der Waals surface area contributed by atoms with Gasteiger partial charge in [-0.2, -0.15) is 13.2 Å². The van der Waals surface area contributed by atoms with Crippen molar-refractivity contribution in [3.63, 3.8) is 0 Å².